The molecular formula is C16H22ClN3. The normalized spacial score (nSPS) is 12.6. The average Bonchev–Trinajstić information content (AvgIpc) is 2.83. The molecule has 108 valence electrons. The monoisotopic (exact) mass is 291 g/mol. The molecule has 2 aromatic rings. The Balaban J connectivity index is 2.22. The highest BCUT2D eigenvalue weighted by Gasteiger charge is 2.14. The molecule has 1 atom stereocenters. The molecule has 0 aliphatic rings. The molecule has 0 fully saturated rings. The molecule has 0 bridgehead atoms. The van der Waals surface area contributed by atoms with Crippen molar-refractivity contribution in [2.75, 3.05) is 6.54 Å². The summed E-state index contributed by atoms with van der Waals surface area (Å²) in [5, 5.41) is 4.41. The van der Waals surface area contributed by atoms with Crippen LogP contribution < -0.4 is 5.32 Å². The Morgan fingerprint density at radius 2 is 2.20 bits per heavy atom. The molecule has 1 aromatic carbocycles. The second-order valence-electron chi connectivity index (χ2n) is 5.17. The molecule has 2 rings (SSSR count). The number of hydrogen-bond acceptors (Lipinski definition) is 2. The first kappa shape index (κ1) is 15.1. The smallest absolute Gasteiger partial charge is 0.110 e. The van der Waals surface area contributed by atoms with Crippen LogP contribution >= 0.6 is 11.6 Å². The van der Waals surface area contributed by atoms with E-state index in [1.165, 1.54) is 5.56 Å². The third-order valence-electron chi connectivity index (χ3n) is 3.55. The van der Waals surface area contributed by atoms with E-state index < -0.39 is 0 Å². The minimum atomic E-state index is 0.245. The summed E-state index contributed by atoms with van der Waals surface area (Å²) in [5.41, 5.74) is 2.33. The highest BCUT2D eigenvalue weighted by atomic mass is 35.5. The van der Waals surface area contributed by atoms with Crippen LogP contribution in [0.4, 0.5) is 0 Å². The Labute approximate surface area is 126 Å². The van der Waals surface area contributed by atoms with Crippen LogP contribution in [0, 0.1) is 6.92 Å². The van der Waals surface area contributed by atoms with Gasteiger partial charge in [0.2, 0.25) is 0 Å². The number of hydrogen-bond donors (Lipinski definition) is 1. The molecule has 1 unspecified atom stereocenters. The third-order valence-corrected chi connectivity index (χ3v) is 3.95. The highest BCUT2D eigenvalue weighted by Crippen LogP contribution is 2.23. The van der Waals surface area contributed by atoms with Crippen LogP contribution in [0.3, 0.4) is 0 Å². The zero-order valence-electron chi connectivity index (χ0n) is 12.4. The van der Waals surface area contributed by atoms with Crippen molar-refractivity contribution in [1.29, 1.82) is 0 Å². The average molecular weight is 292 g/mol. The van der Waals surface area contributed by atoms with Crippen LogP contribution in [0.2, 0.25) is 5.02 Å². The van der Waals surface area contributed by atoms with Gasteiger partial charge in [-0.2, -0.15) is 0 Å². The van der Waals surface area contributed by atoms with Crippen LogP contribution in [0.15, 0.2) is 30.6 Å². The summed E-state index contributed by atoms with van der Waals surface area (Å²) < 4.78 is 2.07. The van der Waals surface area contributed by atoms with Crippen LogP contribution in [0.5, 0.6) is 0 Å². The summed E-state index contributed by atoms with van der Waals surface area (Å²) in [5.74, 6) is 1.08. The van der Waals surface area contributed by atoms with E-state index >= 15 is 0 Å². The van der Waals surface area contributed by atoms with Crippen molar-refractivity contribution in [3.8, 4) is 0 Å². The highest BCUT2D eigenvalue weighted by molar-refractivity contribution is 6.31. The molecule has 0 aliphatic heterocycles. The number of benzene rings is 1. The lowest BCUT2D eigenvalue weighted by atomic mass is 10.0. The lowest BCUT2D eigenvalue weighted by molar-refractivity contribution is 0.512. The molecule has 3 nitrogen and oxygen atoms in total. The van der Waals surface area contributed by atoms with Crippen molar-refractivity contribution in [3.05, 3.63) is 52.6 Å². The van der Waals surface area contributed by atoms with Crippen LogP contribution in [0.1, 0.15) is 36.3 Å². The Kier molecular flexibility index (Phi) is 5.21. The van der Waals surface area contributed by atoms with Gasteiger partial charge in [-0.25, -0.2) is 4.98 Å². The minimum absolute atomic E-state index is 0.245. The summed E-state index contributed by atoms with van der Waals surface area (Å²) in [7, 11) is 2.03. The minimum Gasteiger partial charge on any atom is -0.338 e. The van der Waals surface area contributed by atoms with Gasteiger partial charge in [-0.05, 0) is 37.1 Å². The number of halogens is 1. The third kappa shape index (κ3) is 3.62. The van der Waals surface area contributed by atoms with Crippen molar-refractivity contribution >= 4 is 11.6 Å². The first-order valence-electron chi connectivity index (χ1n) is 7.07. The van der Waals surface area contributed by atoms with Gasteiger partial charge in [-0.15, -0.1) is 0 Å². The van der Waals surface area contributed by atoms with E-state index in [-0.39, 0.29) is 6.04 Å². The van der Waals surface area contributed by atoms with Gasteiger partial charge in [0.25, 0.3) is 0 Å². The fourth-order valence-electron chi connectivity index (χ4n) is 2.23. The Morgan fingerprint density at radius 1 is 1.40 bits per heavy atom. The fraction of sp³-hybridized carbons (Fsp3) is 0.438. The Hall–Kier alpha value is -1.32. The van der Waals surface area contributed by atoms with Gasteiger partial charge < -0.3 is 9.88 Å². The van der Waals surface area contributed by atoms with Crippen molar-refractivity contribution in [1.82, 2.24) is 14.9 Å². The SMILES string of the molecule is CCCNC(Cc1nccn1C)c1ccc(C)c(Cl)c1. The quantitative estimate of drug-likeness (QED) is 0.880. The molecule has 0 aliphatic carbocycles. The van der Waals surface area contributed by atoms with Crippen LogP contribution in [-0.4, -0.2) is 16.1 Å². The van der Waals surface area contributed by atoms with E-state index in [0.29, 0.717) is 0 Å². The Bertz CT molecular complexity index is 563. The van der Waals surface area contributed by atoms with E-state index in [9.17, 15) is 0 Å². The van der Waals surface area contributed by atoms with Gasteiger partial charge in [0.1, 0.15) is 5.82 Å². The molecule has 1 N–H and O–H groups in total. The summed E-state index contributed by atoms with van der Waals surface area (Å²) in [6, 6.07) is 6.54. The predicted molar refractivity (Wildman–Crippen MR) is 84.1 cm³/mol. The van der Waals surface area contributed by atoms with Gasteiger partial charge in [0.05, 0.1) is 0 Å². The Morgan fingerprint density at radius 3 is 2.80 bits per heavy atom. The van der Waals surface area contributed by atoms with Gasteiger partial charge in [0.15, 0.2) is 0 Å². The van der Waals surface area contributed by atoms with Crippen molar-refractivity contribution in [2.45, 2.75) is 32.7 Å². The van der Waals surface area contributed by atoms with Crippen molar-refractivity contribution < 1.29 is 0 Å². The van der Waals surface area contributed by atoms with Crippen molar-refractivity contribution in [3.63, 3.8) is 0 Å². The lowest BCUT2D eigenvalue weighted by Gasteiger charge is -2.19. The molecule has 0 radical (unpaired) electrons. The van der Waals surface area contributed by atoms with Crippen molar-refractivity contribution in [2.24, 2.45) is 7.05 Å². The van der Waals surface area contributed by atoms with Gasteiger partial charge in [-0.1, -0.05) is 30.7 Å². The molecular weight excluding hydrogens is 270 g/mol. The number of aryl methyl sites for hydroxylation is 2. The maximum Gasteiger partial charge on any atom is 0.110 e. The van der Waals surface area contributed by atoms with Gasteiger partial charge in [-0.3, -0.25) is 0 Å². The van der Waals surface area contributed by atoms with E-state index in [1.54, 1.807) is 0 Å². The van der Waals surface area contributed by atoms with Gasteiger partial charge in [0, 0.05) is 36.9 Å². The second-order valence-corrected chi connectivity index (χ2v) is 5.58. The summed E-state index contributed by atoms with van der Waals surface area (Å²) in [6.45, 7) is 5.19. The predicted octanol–water partition coefficient (Wildman–Crippen LogP) is 3.67. The lowest BCUT2D eigenvalue weighted by Crippen LogP contribution is -2.25. The second kappa shape index (κ2) is 6.91. The van der Waals surface area contributed by atoms with E-state index in [0.717, 1.165) is 35.8 Å². The molecule has 0 amide bonds. The summed E-state index contributed by atoms with van der Waals surface area (Å²) >= 11 is 6.26. The maximum atomic E-state index is 6.26. The molecule has 1 aromatic heterocycles. The first-order chi connectivity index (χ1) is 9.61. The molecule has 20 heavy (non-hydrogen) atoms. The summed E-state index contributed by atoms with van der Waals surface area (Å²) in [4.78, 5) is 4.42. The summed E-state index contributed by atoms with van der Waals surface area (Å²) in [6.07, 6.45) is 5.79. The van der Waals surface area contributed by atoms with Crippen LogP contribution in [-0.2, 0) is 13.5 Å². The number of rotatable bonds is 6. The number of nitrogens with one attached hydrogen (secondary N) is 1. The van der Waals surface area contributed by atoms with E-state index in [2.05, 4.69) is 40.0 Å². The van der Waals surface area contributed by atoms with Crippen LogP contribution in [0.25, 0.3) is 0 Å². The molecule has 1 heterocycles. The number of nitrogens with zero attached hydrogens (tertiary/aromatic N) is 2. The standard InChI is InChI=1S/C16H22ClN3/c1-4-7-18-15(11-16-19-8-9-20(16)3)13-6-5-12(2)14(17)10-13/h5-6,8-10,15,18H,4,7,11H2,1-3H3. The van der Waals surface area contributed by atoms with E-state index in [4.69, 9.17) is 11.6 Å². The van der Waals surface area contributed by atoms with Gasteiger partial charge >= 0.3 is 0 Å². The maximum absolute atomic E-state index is 6.26. The molecule has 0 saturated carbocycles. The zero-order valence-corrected chi connectivity index (χ0v) is 13.1. The zero-order chi connectivity index (χ0) is 14.5. The number of imidazole rings is 1. The molecule has 0 saturated heterocycles. The fourth-order valence-corrected chi connectivity index (χ4v) is 2.42. The molecule has 0 spiro atoms. The molecule has 4 heteroatoms. The van der Waals surface area contributed by atoms with E-state index in [1.807, 2.05) is 26.4 Å². The first-order valence-corrected chi connectivity index (χ1v) is 7.45. The number of aromatic nitrogens is 2. The largest absolute Gasteiger partial charge is 0.338 e. The topological polar surface area (TPSA) is 29.9 Å².